The van der Waals surface area contributed by atoms with E-state index in [9.17, 15) is 9.59 Å². The molecule has 0 saturated carbocycles. The fourth-order valence-electron chi connectivity index (χ4n) is 3.16. The molecule has 0 spiro atoms. The van der Waals surface area contributed by atoms with Crippen molar-refractivity contribution in [3.63, 3.8) is 0 Å². The van der Waals surface area contributed by atoms with E-state index in [-0.39, 0.29) is 24.1 Å². The van der Waals surface area contributed by atoms with Crippen LogP contribution in [0.2, 0.25) is 10.0 Å². The quantitative estimate of drug-likeness (QED) is 0.336. The highest BCUT2D eigenvalue weighted by Crippen LogP contribution is 2.26. The topological polar surface area (TPSA) is 98.1 Å². The zero-order valence-electron chi connectivity index (χ0n) is 19.7. The maximum absolute atomic E-state index is 12.5. The molecule has 8 nitrogen and oxygen atoms in total. The van der Waals surface area contributed by atoms with Crippen LogP contribution in [-0.2, 0) is 29.1 Å². The van der Waals surface area contributed by atoms with E-state index in [0.717, 1.165) is 6.42 Å². The van der Waals surface area contributed by atoms with Gasteiger partial charge in [-0.25, -0.2) is 0 Å². The van der Waals surface area contributed by atoms with Gasteiger partial charge >= 0.3 is 0 Å². The van der Waals surface area contributed by atoms with E-state index in [1.165, 1.54) is 17.3 Å². The number of nitrogens with one attached hydrogen (secondary N) is 2. The molecule has 11 heteroatoms. The van der Waals surface area contributed by atoms with Gasteiger partial charge in [-0.15, -0.1) is 10.2 Å². The zero-order valence-corrected chi connectivity index (χ0v) is 22.0. The molecule has 0 bridgehead atoms. The third-order valence-electron chi connectivity index (χ3n) is 5.08. The minimum atomic E-state index is -0.670. The summed E-state index contributed by atoms with van der Waals surface area (Å²) < 4.78 is 7.58. The van der Waals surface area contributed by atoms with Crippen molar-refractivity contribution in [2.45, 2.75) is 51.5 Å². The number of anilines is 1. The van der Waals surface area contributed by atoms with Crippen molar-refractivity contribution in [2.24, 2.45) is 0 Å². The second kappa shape index (κ2) is 12.8. The Kier molecular flexibility index (Phi) is 9.83. The Balaban J connectivity index is 1.52. The number of carbonyl (C=O) groups excluding carboxylic acids is 2. The van der Waals surface area contributed by atoms with Gasteiger partial charge in [0.2, 0.25) is 5.91 Å². The molecule has 1 heterocycles. The highest BCUT2D eigenvalue weighted by molar-refractivity contribution is 7.99. The van der Waals surface area contributed by atoms with Crippen molar-refractivity contribution >= 4 is 52.5 Å². The normalized spacial score (nSPS) is 11.7. The molecule has 0 saturated heterocycles. The molecule has 1 atom stereocenters. The molecule has 1 aromatic heterocycles. The van der Waals surface area contributed by atoms with Crippen LogP contribution in [0.5, 0.6) is 5.75 Å². The predicted octanol–water partition coefficient (Wildman–Crippen LogP) is 4.98. The molecule has 0 unspecified atom stereocenters. The number of thioether (sulfide) groups is 1. The van der Waals surface area contributed by atoms with Crippen molar-refractivity contribution in [3.8, 4) is 5.75 Å². The number of rotatable bonds is 11. The molecule has 0 radical (unpaired) electrons. The summed E-state index contributed by atoms with van der Waals surface area (Å²) in [7, 11) is 0. The van der Waals surface area contributed by atoms with E-state index >= 15 is 0 Å². The maximum Gasteiger partial charge on any atom is 0.261 e. The molecule has 0 aliphatic carbocycles. The van der Waals surface area contributed by atoms with Crippen LogP contribution in [0.25, 0.3) is 0 Å². The Morgan fingerprint density at radius 1 is 1.11 bits per heavy atom. The van der Waals surface area contributed by atoms with E-state index < -0.39 is 6.10 Å². The van der Waals surface area contributed by atoms with Crippen LogP contribution in [-0.4, -0.2) is 38.4 Å². The number of aromatic nitrogens is 3. The summed E-state index contributed by atoms with van der Waals surface area (Å²) in [6, 6.07) is 12.5. The first kappa shape index (κ1) is 26.8. The summed E-state index contributed by atoms with van der Waals surface area (Å²) in [5.74, 6) is 0.813. The van der Waals surface area contributed by atoms with Gasteiger partial charge in [0.1, 0.15) is 5.75 Å². The zero-order chi connectivity index (χ0) is 25.4. The highest BCUT2D eigenvalue weighted by atomic mass is 35.5. The first-order valence-electron chi connectivity index (χ1n) is 11.1. The van der Waals surface area contributed by atoms with Gasteiger partial charge in [-0.1, -0.05) is 54.0 Å². The molecule has 186 valence electrons. The van der Waals surface area contributed by atoms with Gasteiger partial charge in [-0.2, -0.15) is 0 Å². The largest absolute Gasteiger partial charge is 0.481 e. The minimum absolute atomic E-state index is 0.106. The molecular weight excluding hydrogens is 509 g/mol. The summed E-state index contributed by atoms with van der Waals surface area (Å²) >= 11 is 13.3. The Hall–Kier alpha value is -2.75. The SMILES string of the molecule is CCc1ccc(O[C@@H](C)C(=O)NCc2nnc(SCC(=O)Nc3cc(Cl)ccc3Cl)n2CC)cc1. The van der Waals surface area contributed by atoms with Crippen LogP contribution >= 0.6 is 35.0 Å². The predicted molar refractivity (Wildman–Crippen MR) is 139 cm³/mol. The molecule has 35 heavy (non-hydrogen) atoms. The van der Waals surface area contributed by atoms with Crippen molar-refractivity contribution in [2.75, 3.05) is 11.1 Å². The summed E-state index contributed by atoms with van der Waals surface area (Å²) in [6.45, 7) is 6.48. The van der Waals surface area contributed by atoms with Crippen LogP contribution < -0.4 is 15.4 Å². The lowest BCUT2D eigenvalue weighted by Crippen LogP contribution is -2.36. The molecule has 0 fully saturated rings. The number of carbonyl (C=O) groups is 2. The lowest BCUT2D eigenvalue weighted by atomic mass is 10.2. The summed E-state index contributed by atoms with van der Waals surface area (Å²) in [6.07, 6.45) is 0.270. The number of benzene rings is 2. The Morgan fingerprint density at radius 3 is 2.54 bits per heavy atom. The van der Waals surface area contributed by atoms with Gasteiger partial charge in [-0.05, 0) is 56.2 Å². The molecular formula is C24H27Cl2N5O3S. The molecule has 0 aliphatic heterocycles. The van der Waals surface area contributed by atoms with Crippen molar-refractivity contribution in [1.29, 1.82) is 0 Å². The van der Waals surface area contributed by atoms with Crippen LogP contribution in [0.15, 0.2) is 47.6 Å². The third-order valence-corrected chi connectivity index (χ3v) is 6.61. The average Bonchev–Trinajstić information content (AvgIpc) is 3.25. The van der Waals surface area contributed by atoms with Gasteiger partial charge < -0.3 is 19.9 Å². The van der Waals surface area contributed by atoms with Gasteiger partial charge in [0.15, 0.2) is 17.1 Å². The number of amides is 2. The fourth-order valence-corrected chi connectivity index (χ4v) is 4.31. The average molecular weight is 536 g/mol. The molecule has 2 amide bonds. The van der Waals surface area contributed by atoms with Gasteiger partial charge in [0.05, 0.1) is 23.0 Å². The number of aryl methyl sites for hydroxylation is 1. The van der Waals surface area contributed by atoms with Gasteiger partial charge in [0, 0.05) is 11.6 Å². The van der Waals surface area contributed by atoms with Gasteiger partial charge in [0.25, 0.3) is 5.91 Å². The van der Waals surface area contributed by atoms with E-state index in [2.05, 4.69) is 27.8 Å². The number of hydrogen-bond donors (Lipinski definition) is 2. The second-order valence-electron chi connectivity index (χ2n) is 7.58. The maximum atomic E-state index is 12.5. The molecule has 0 aliphatic rings. The van der Waals surface area contributed by atoms with Crippen LogP contribution in [0.4, 0.5) is 5.69 Å². The first-order chi connectivity index (χ1) is 16.8. The third kappa shape index (κ3) is 7.62. The Morgan fingerprint density at radius 2 is 1.86 bits per heavy atom. The summed E-state index contributed by atoms with van der Waals surface area (Å²) in [5.41, 5.74) is 1.65. The lowest BCUT2D eigenvalue weighted by Gasteiger charge is -2.15. The molecule has 2 aromatic carbocycles. The second-order valence-corrected chi connectivity index (χ2v) is 9.37. The molecule has 3 rings (SSSR count). The Labute approximate surface area is 218 Å². The lowest BCUT2D eigenvalue weighted by molar-refractivity contribution is -0.127. The summed E-state index contributed by atoms with van der Waals surface area (Å²) in [4.78, 5) is 24.9. The Bertz CT molecular complexity index is 1170. The van der Waals surface area contributed by atoms with Gasteiger partial charge in [-0.3, -0.25) is 9.59 Å². The van der Waals surface area contributed by atoms with Crippen LogP contribution in [0, 0.1) is 0 Å². The smallest absolute Gasteiger partial charge is 0.261 e. The van der Waals surface area contributed by atoms with E-state index in [1.807, 2.05) is 35.8 Å². The van der Waals surface area contributed by atoms with E-state index in [1.54, 1.807) is 25.1 Å². The van der Waals surface area contributed by atoms with E-state index in [0.29, 0.717) is 39.0 Å². The van der Waals surface area contributed by atoms with E-state index in [4.69, 9.17) is 27.9 Å². The number of nitrogens with zero attached hydrogens (tertiary/aromatic N) is 3. The monoisotopic (exact) mass is 535 g/mol. The van der Waals surface area contributed by atoms with Crippen molar-refractivity contribution < 1.29 is 14.3 Å². The number of ether oxygens (including phenoxy) is 1. The molecule has 2 N–H and O–H groups in total. The number of hydrogen-bond acceptors (Lipinski definition) is 6. The minimum Gasteiger partial charge on any atom is -0.481 e. The first-order valence-corrected chi connectivity index (χ1v) is 12.9. The standard InChI is InChI=1S/C24H27Cl2N5O3S/c1-4-16-6-9-18(10-7-16)34-15(3)23(33)27-13-21-29-30-24(31(21)5-2)35-14-22(32)28-20-12-17(25)8-11-19(20)26/h6-12,15H,4-5,13-14H2,1-3H3,(H,27,33)(H,28,32)/t15-/m0/s1. The molecule has 3 aromatic rings. The van der Waals surface area contributed by atoms with Crippen LogP contribution in [0.1, 0.15) is 32.2 Å². The highest BCUT2D eigenvalue weighted by Gasteiger charge is 2.18. The number of halogens is 2. The van der Waals surface area contributed by atoms with Crippen molar-refractivity contribution in [3.05, 3.63) is 63.9 Å². The van der Waals surface area contributed by atoms with Crippen molar-refractivity contribution in [1.82, 2.24) is 20.1 Å². The van der Waals surface area contributed by atoms with Crippen LogP contribution in [0.3, 0.4) is 0 Å². The fraction of sp³-hybridized carbons (Fsp3) is 0.333. The summed E-state index contributed by atoms with van der Waals surface area (Å²) in [5, 5.41) is 15.4.